The van der Waals surface area contributed by atoms with Gasteiger partial charge in [-0.05, 0) is 62.6 Å². The Morgan fingerprint density at radius 3 is 2.29 bits per heavy atom. The third kappa shape index (κ3) is 7.21. The van der Waals surface area contributed by atoms with E-state index in [9.17, 15) is 18.0 Å². The van der Waals surface area contributed by atoms with Crippen molar-refractivity contribution < 1.29 is 22.7 Å². The molecule has 0 bridgehead atoms. The summed E-state index contributed by atoms with van der Waals surface area (Å²) in [5.41, 5.74) is 1.76. The minimum atomic E-state index is -4.20. The molecular weight excluding hydrogens is 562 g/mol. The quantitative estimate of drug-likeness (QED) is 0.322. The molecule has 0 aromatic heterocycles. The SMILES string of the molecule is COc1ccccc1N(CC(=O)N(Cc1ccccc1Cl)[C@@H](C)C(=O)NC1CCCC1)S(=O)(=O)c1ccc(C)cc1. The first-order valence-electron chi connectivity index (χ1n) is 13.7. The molecule has 0 radical (unpaired) electrons. The molecule has 4 rings (SSSR count). The summed E-state index contributed by atoms with van der Waals surface area (Å²) < 4.78 is 34.6. The number of ether oxygens (including phenoxy) is 1. The Labute approximate surface area is 247 Å². The number of amides is 2. The molecule has 1 aliphatic rings. The molecular formula is C31H36ClN3O5S. The minimum Gasteiger partial charge on any atom is -0.495 e. The van der Waals surface area contributed by atoms with Gasteiger partial charge in [0.15, 0.2) is 0 Å². The lowest BCUT2D eigenvalue weighted by Gasteiger charge is -2.33. The van der Waals surface area contributed by atoms with Gasteiger partial charge in [0.25, 0.3) is 10.0 Å². The fourth-order valence-electron chi connectivity index (χ4n) is 4.97. The molecule has 0 spiro atoms. The zero-order chi connectivity index (χ0) is 29.6. The molecule has 3 aromatic carbocycles. The molecule has 1 fully saturated rings. The minimum absolute atomic E-state index is 0.0299. The van der Waals surface area contributed by atoms with E-state index in [0.717, 1.165) is 35.6 Å². The number of hydrogen-bond donors (Lipinski definition) is 1. The van der Waals surface area contributed by atoms with Gasteiger partial charge in [-0.3, -0.25) is 13.9 Å². The Kier molecular flexibility index (Phi) is 9.94. The van der Waals surface area contributed by atoms with Crippen LogP contribution in [0.2, 0.25) is 5.02 Å². The summed E-state index contributed by atoms with van der Waals surface area (Å²) in [6, 6.07) is 19.3. The summed E-state index contributed by atoms with van der Waals surface area (Å²) in [5.74, 6) is -0.552. The first kappa shape index (κ1) is 30.4. The van der Waals surface area contributed by atoms with E-state index < -0.39 is 28.5 Å². The second-order valence-electron chi connectivity index (χ2n) is 10.3. The van der Waals surface area contributed by atoms with Gasteiger partial charge in [0.05, 0.1) is 17.7 Å². The Morgan fingerprint density at radius 2 is 1.63 bits per heavy atom. The summed E-state index contributed by atoms with van der Waals surface area (Å²) in [7, 11) is -2.76. The van der Waals surface area contributed by atoms with Crippen molar-refractivity contribution >= 4 is 39.1 Å². The summed E-state index contributed by atoms with van der Waals surface area (Å²) in [4.78, 5) is 28.9. The van der Waals surface area contributed by atoms with E-state index in [2.05, 4.69) is 5.32 Å². The molecule has 1 N–H and O–H groups in total. The zero-order valence-corrected chi connectivity index (χ0v) is 25.1. The van der Waals surface area contributed by atoms with Crippen LogP contribution in [0.15, 0.2) is 77.7 Å². The average Bonchev–Trinajstić information content (AvgIpc) is 3.48. The number of anilines is 1. The molecule has 0 unspecified atom stereocenters. The summed E-state index contributed by atoms with van der Waals surface area (Å²) in [5, 5.41) is 3.51. The highest BCUT2D eigenvalue weighted by atomic mass is 35.5. The highest BCUT2D eigenvalue weighted by Gasteiger charge is 2.34. The molecule has 3 aromatic rings. The van der Waals surface area contributed by atoms with Crippen molar-refractivity contribution in [2.24, 2.45) is 0 Å². The first-order valence-corrected chi connectivity index (χ1v) is 15.5. The monoisotopic (exact) mass is 597 g/mol. The second-order valence-corrected chi connectivity index (χ2v) is 12.5. The van der Waals surface area contributed by atoms with Crippen LogP contribution in [-0.4, -0.2) is 50.9 Å². The molecule has 1 aliphatic carbocycles. The van der Waals surface area contributed by atoms with E-state index in [4.69, 9.17) is 16.3 Å². The van der Waals surface area contributed by atoms with Gasteiger partial charge in [-0.15, -0.1) is 0 Å². The predicted molar refractivity (Wildman–Crippen MR) is 161 cm³/mol. The van der Waals surface area contributed by atoms with Crippen LogP contribution in [0.3, 0.4) is 0 Å². The number of carbonyl (C=O) groups is 2. The van der Waals surface area contributed by atoms with Gasteiger partial charge >= 0.3 is 0 Å². The van der Waals surface area contributed by atoms with E-state index >= 15 is 0 Å². The Morgan fingerprint density at radius 1 is 1.00 bits per heavy atom. The van der Waals surface area contributed by atoms with Crippen LogP contribution in [0.1, 0.15) is 43.7 Å². The lowest BCUT2D eigenvalue weighted by atomic mass is 10.1. The maximum Gasteiger partial charge on any atom is 0.264 e. The van der Waals surface area contributed by atoms with Gasteiger partial charge < -0.3 is 15.0 Å². The van der Waals surface area contributed by atoms with Gasteiger partial charge in [0, 0.05) is 17.6 Å². The average molecular weight is 598 g/mol. The maximum atomic E-state index is 14.1. The molecule has 2 amide bonds. The first-order chi connectivity index (χ1) is 19.6. The van der Waals surface area contributed by atoms with Crippen molar-refractivity contribution in [1.82, 2.24) is 10.2 Å². The maximum absolute atomic E-state index is 14.1. The lowest BCUT2D eigenvalue weighted by molar-refractivity contribution is -0.139. The number of rotatable bonds is 11. The number of nitrogens with zero attached hydrogens (tertiary/aromatic N) is 2. The number of aryl methyl sites for hydroxylation is 1. The number of para-hydroxylation sites is 2. The van der Waals surface area contributed by atoms with Crippen molar-refractivity contribution in [2.75, 3.05) is 18.0 Å². The highest BCUT2D eigenvalue weighted by molar-refractivity contribution is 7.92. The standard InChI is InChI=1S/C31H36ClN3O5S/c1-22-16-18-26(19-17-22)41(38,39)35(28-14-8-9-15-29(28)40-3)21-30(36)34(20-24-10-4-7-13-27(24)32)23(2)31(37)33-25-11-5-6-12-25/h4,7-10,13-19,23,25H,5-6,11-12,20-21H2,1-3H3,(H,33,37)/t23-/m0/s1. The Hall–Kier alpha value is -3.56. The third-order valence-corrected chi connectivity index (χ3v) is 9.55. The van der Waals surface area contributed by atoms with Gasteiger partial charge in [0.1, 0.15) is 18.3 Å². The van der Waals surface area contributed by atoms with Gasteiger partial charge in [-0.2, -0.15) is 0 Å². The lowest BCUT2D eigenvalue weighted by Crippen LogP contribution is -2.52. The molecule has 0 saturated heterocycles. The van der Waals surface area contributed by atoms with Crippen LogP contribution in [0.4, 0.5) is 5.69 Å². The molecule has 0 aliphatic heterocycles. The normalized spacial score (nSPS) is 14.3. The molecule has 1 atom stereocenters. The van der Waals surface area contributed by atoms with E-state index in [1.807, 2.05) is 6.92 Å². The van der Waals surface area contributed by atoms with Crippen LogP contribution < -0.4 is 14.4 Å². The molecule has 41 heavy (non-hydrogen) atoms. The number of carbonyl (C=O) groups excluding carboxylic acids is 2. The van der Waals surface area contributed by atoms with E-state index in [-0.39, 0.29) is 29.1 Å². The van der Waals surface area contributed by atoms with Crippen molar-refractivity contribution in [3.8, 4) is 5.75 Å². The molecule has 1 saturated carbocycles. The largest absolute Gasteiger partial charge is 0.495 e. The third-order valence-electron chi connectivity index (χ3n) is 7.41. The highest BCUT2D eigenvalue weighted by Crippen LogP contribution is 2.33. The number of nitrogens with one attached hydrogen (secondary N) is 1. The molecule has 10 heteroatoms. The summed E-state index contributed by atoms with van der Waals surface area (Å²) in [6.07, 6.45) is 3.89. The van der Waals surface area contributed by atoms with Crippen molar-refractivity contribution in [3.05, 3.63) is 88.9 Å². The van der Waals surface area contributed by atoms with Crippen LogP contribution in [-0.2, 0) is 26.2 Å². The van der Waals surface area contributed by atoms with Crippen LogP contribution >= 0.6 is 11.6 Å². The molecule has 0 heterocycles. The summed E-state index contributed by atoms with van der Waals surface area (Å²) in [6.45, 7) is 2.99. The number of sulfonamides is 1. The number of hydrogen-bond acceptors (Lipinski definition) is 5. The number of halogens is 1. The fraction of sp³-hybridized carbons (Fsp3) is 0.355. The fourth-order valence-corrected chi connectivity index (χ4v) is 6.59. The predicted octanol–water partition coefficient (Wildman–Crippen LogP) is 5.33. The molecule has 218 valence electrons. The van der Waals surface area contributed by atoms with Gasteiger partial charge in [0.2, 0.25) is 11.8 Å². The van der Waals surface area contributed by atoms with Gasteiger partial charge in [-0.1, -0.05) is 72.5 Å². The van der Waals surface area contributed by atoms with E-state index in [1.165, 1.54) is 24.1 Å². The van der Waals surface area contributed by atoms with Crippen LogP contribution in [0, 0.1) is 6.92 Å². The van der Waals surface area contributed by atoms with Gasteiger partial charge in [-0.25, -0.2) is 8.42 Å². The topological polar surface area (TPSA) is 96.0 Å². The Bertz CT molecular complexity index is 1470. The smallest absolute Gasteiger partial charge is 0.264 e. The Balaban J connectivity index is 1.72. The van der Waals surface area contributed by atoms with E-state index in [1.54, 1.807) is 67.6 Å². The van der Waals surface area contributed by atoms with Crippen LogP contribution in [0.25, 0.3) is 0 Å². The van der Waals surface area contributed by atoms with E-state index in [0.29, 0.717) is 16.3 Å². The molecule has 8 nitrogen and oxygen atoms in total. The zero-order valence-electron chi connectivity index (χ0n) is 23.5. The van der Waals surface area contributed by atoms with Crippen molar-refractivity contribution in [3.63, 3.8) is 0 Å². The van der Waals surface area contributed by atoms with Crippen molar-refractivity contribution in [1.29, 1.82) is 0 Å². The number of benzene rings is 3. The number of methoxy groups -OCH3 is 1. The van der Waals surface area contributed by atoms with Crippen molar-refractivity contribution in [2.45, 2.75) is 63.1 Å². The van der Waals surface area contributed by atoms with Crippen LogP contribution in [0.5, 0.6) is 5.75 Å². The second kappa shape index (κ2) is 13.4. The summed E-state index contributed by atoms with van der Waals surface area (Å²) >= 11 is 6.44.